The molecule has 0 fully saturated rings. The van der Waals surface area contributed by atoms with E-state index in [0.29, 0.717) is 5.56 Å². The van der Waals surface area contributed by atoms with Crippen LogP contribution in [0.15, 0.2) is 16.9 Å². The van der Waals surface area contributed by atoms with Gasteiger partial charge in [0.1, 0.15) is 0 Å². The van der Waals surface area contributed by atoms with Gasteiger partial charge in [0.2, 0.25) is 0 Å². The monoisotopic (exact) mass is 237 g/mol. The molecule has 1 N–H and O–H groups in total. The summed E-state index contributed by atoms with van der Waals surface area (Å²) in [7, 11) is 1.73. The van der Waals surface area contributed by atoms with E-state index in [1.54, 1.807) is 17.7 Å². The van der Waals surface area contributed by atoms with Crippen LogP contribution in [0.5, 0.6) is 0 Å². The Labute approximate surface area is 101 Å². The van der Waals surface area contributed by atoms with Crippen molar-refractivity contribution >= 4 is 5.97 Å². The minimum absolute atomic E-state index is 0.00982. The van der Waals surface area contributed by atoms with Gasteiger partial charge in [0.05, 0.1) is 0 Å². The second kappa shape index (κ2) is 4.73. The third-order valence-corrected chi connectivity index (χ3v) is 2.76. The highest BCUT2D eigenvalue weighted by atomic mass is 16.4. The standard InChI is InChI=1S/C13H19NO3/c1-13(2,3)10-7-5-9(6-8-11(15)16)12(17)14(10)4/h5,7H,6,8H2,1-4H3,(H,15,16). The number of pyridine rings is 1. The van der Waals surface area contributed by atoms with Gasteiger partial charge in [-0.05, 0) is 12.5 Å². The average molecular weight is 237 g/mol. The molecule has 0 spiro atoms. The molecule has 1 rings (SSSR count). The first-order valence-corrected chi connectivity index (χ1v) is 5.64. The van der Waals surface area contributed by atoms with E-state index in [9.17, 15) is 9.59 Å². The number of aliphatic carboxylic acids is 1. The molecule has 1 aromatic heterocycles. The Morgan fingerprint density at radius 1 is 1.35 bits per heavy atom. The Kier molecular flexibility index (Phi) is 3.76. The summed E-state index contributed by atoms with van der Waals surface area (Å²) in [5, 5.41) is 8.61. The van der Waals surface area contributed by atoms with Crippen molar-refractivity contribution < 1.29 is 9.90 Å². The number of nitrogens with zero attached hydrogens (tertiary/aromatic N) is 1. The smallest absolute Gasteiger partial charge is 0.303 e. The number of carbonyl (C=O) groups is 1. The largest absolute Gasteiger partial charge is 0.481 e. The minimum atomic E-state index is -0.882. The third-order valence-electron chi connectivity index (χ3n) is 2.76. The first-order chi connectivity index (χ1) is 7.73. The fourth-order valence-corrected chi connectivity index (χ4v) is 1.87. The molecule has 94 valence electrons. The molecule has 0 amide bonds. The van der Waals surface area contributed by atoms with E-state index in [1.165, 1.54) is 0 Å². The van der Waals surface area contributed by atoms with Crippen LogP contribution < -0.4 is 5.56 Å². The highest BCUT2D eigenvalue weighted by Gasteiger charge is 2.18. The second-order valence-corrected chi connectivity index (χ2v) is 5.25. The van der Waals surface area contributed by atoms with E-state index in [1.807, 2.05) is 26.8 Å². The summed E-state index contributed by atoms with van der Waals surface area (Å²) < 4.78 is 1.61. The molecular formula is C13H19NO3. The van der Waals surface area contributed by atoms with Crippen molar-refractivity contribution in [1.29, 1.82) is 0 Å². The molecule has 4 heteroatoms. The molecule has 4 nitrogen and oxygen atoms in total. The van der Waals surface area contributed by atoms with Gasteiger partial charge in [-0.3, -0.25) is 9.59 Å². The number of rotatable bonds is 3. The molecule has 1 aromatic rings. The topological polar surface area (TPSA) is 59.3 Å². The van der Waals surface area contributed by atoms with Gasteiger partial charge in [0.25, 0.3) is 5.56 Å². The molecule has 1 heterocycles. The lowest BCUT2D eigenvalue weighted by atomic mass is 9.90. The van der Waals surface area contributed by atoms with Gasteiger partial charge in [-0.25, -0.2) is 0 Å². The zero-order valence-corrected chi connectivity index (χ0v) is 10.8. The molecule has 0 aromatic carbocycles. The summed E-state index contributed by atoms with van der Waals surface area (Å²) in [6.45, 7) is 6.12. The number of hydrogen-bond donors (Lipinski definition) is 1. The van der Waals surface area contributed by atoms with Gasteiger partial charge in [0, 0.05) is 30.1 Å². The molecule has 0 saturated heterocycles. The van der Waals surface area contributed by atoms with Crippen LogP contribution in [0.3, 0.4) is 0 Å². The van der Waals surface area contributed by atoms with Crippen LogP contribution in [-0.4, -0.2) is 15.6 Å². The molecule has 0 saturated carbocycles. The Morgan fingerprint density at radius 3 is 2.41 bits per heavy atom. The first kappa shape index (κ1) is 13.5. The minimum Gasteiger partial charge on any atom is -0.481 e. The zero-order valence-electron chi connectivity index (χ0n) is 10.8. The van der Waals surface area contributed by atoms with Crippen molar-refractivity contribution in [3.05, 3.63) is 33.7 Å². The van der Waals surface area contributed by atoms with E-state index < -0.39 is 5.97 Å². The van der Waals surface area contributed by atoms with Gasteiger partial charge < -0.3 is 9.67 Å². The molecule has 0 aliphatic heterocycles. The van der Waals surface area contributed by atoms with Crippen LogP contribution in [0.1, 0.15) is 38.4 Å². The van der Waals surface area contributed by atoms with Crippen LogP contribution in [-0.2, 0) is 23.7 Å². The predicted molar refractivity (Wildman–Crippen MR) is 66.3 cm³/mol. The van der Waals surface area contributed by atoms with Crippen molar-refractivity contribution in [3.63, 3.8) is 0 Å². The first-order valence-electron chi connectivity index (χ1n) is 5.64. The van der Waals surface area contributed by atoms with Crippen LogP contribution in [0.2, 0.25) is 0 Å². The highest BCUT2D eigenvalue weighted by Crippen LogP contribution is 2.20. The van der Waals surface area contributed by atoms with Crippen LogP contribution >= 0.6 is 0 Å². The summed E-state index contributed by atoms with van der Waals surface area (Å²) in [5.74, 6) is -0.882. The molecule has 0 bridgehead atoms. The Balaban J connectivity index is 3.12. The van der Waals surface area contributed by atoms with E-state index >= 15 is 0 Å². The SMILES string of the molecule is Cn1c(C(C)(C)C)ccc(CCC(=O)O)c1=O. The number of aromatic nitrogens is 1. The van der Waals surface area contributed by atoms with Gasteiger partial charge in [-0.1, -0.05) is 26.8 Å². The maximum atomic E-state index is 12.0. The van der Waals surface area contributed by atoms with E-state index in [-0.39, 0.29) is 23.8 Å². The lowest BCUT2D eigenvalue weighted by Gasteiger charge is -2.22. The van der Waals surface area contributed by atoms with Crippen molar-refractivity contribution in [2.24, 2.45) is 7.05 Å². The maximum Gasteiger partial charge on any atom is 0.303 e. The number of hydrogen-bond acceptors (Lipinski definition) is 2. The van der Waals surface area contributed by atoms with Gasteiger partial charge in [-0.15, -0.1) is 0 Å². The van der Waals surface area contributed by atoms with Crippen LogP contribution in [0, 0.1) is 0 Å². The fraction of sp³-hybridized carbons (Fsp3) is 0.538. The Morgan fingerprint density at radius 2 is 1.94 bits per heavy atom. The highest BCUT2D eigenvalue weighted by molar-refractivity contribution is 5.67. The Hall–Kier alpha value is -1.58. The van der Waals surface area contributed by atoms with Crippen LogP contribution in [0.4, 0.5) is 0 Å². The van der Waals surface area contributed by atoms with Gasteiger partial charge in [-0.2, -0.15) is 0 Å². The third kappa shape index (κ3) is 3.19. The molecule has 0 atom stereocenters. The summed E-state index contributed by atoms with van der Waals surface area (Å²) in [4.78, 5) is 22.5. The lowest BCUT2D eigenvalue weighted by molar-refractivity contribution is -0.136. The molecule has 0 radical (unpaired) electrons. The maximum absolute atomic E-state index is 12.0. The zero-order chi connectivity index (χ0) is 13.2. The number of carboxylic acids is 1. The van der Waals surface area contributed by atoms with Crippen LogP contribution in [0.25, 0.3) is 0 Å². The molecule has 17 heavy (non-hydrogen) atoms. The second-order valence-electron chi connectivity index (χ2n) is 5.25. The summed E-state index contributed by atoms with van der Waals surface area (Å²) in [5.41, 5.74) is 1.31. The average Bonchev–Trinajstić information content (AvgIpc) is 2.18. The summed E-state index contributed by atoms with van der Waals surface area (Å²) in [6, 6.07) is 3.64. The summed E-state index contributed by atoms with van der Waals surface area (Å²) in [6.07, 6.45) is 0.274. The number of carboxylic acid groups (broad SMARTS) is 1. The molecular weight excluding hydrogens is 218 g/mol. The number of aryl methyl sites for hydroxylation is 1. The van der Waals surface area contributed by atoms with Crippen molar-refractivity contribution in [1.82, 2.24) is 4.57 Å². The van der Waals surface area contributed by atoms with E-state index in [4.69, 9.17) is 5.11 Å². The fourth-order valence-electron chi connectivity index (χ4n) is 1.87. The quantitative estimate of drug-likeness (QED) is 0.870. The Bertz CT molecular complexity index is 480. The van der Waals surface area contributed by atoms with E-state index in [0.717, 1.165) is 5.69 Å². The predicted octanol–water partition coefficient (Wildman–Crippen LogP) is 1.70. The van der Waals surface area contributed by atoms with E-state index in [2.05, 4.69) is 0 Å². The molecule has 0 aliphatic carbocycles. The van der Waals surface area contributed by atoms with Crippen molar-refractivity contribution in [2.45, 2.75) is 39.0 Å². The van der Waals surface area contributed by atoms with Gasteiger partial charge in [0.15, 0.2) is 0 Å². The molecule has 0 aliphatic rings. The normalized spacial score (nSPS) is 11.5. The van der Waals surface area contributed by atoms with Crippen molar-refractivity contribution in [3.8, 4) is 0 Å². The summed E-state index contributed by atoms with van der Waals surface area (Å²) >= 11 is 0. The van der Waals surface area contributed by atoms with Gasteiger partial charge >= 0.3 is 5.97 Å². The molecule has 0 unspecified atom stereocenters. The van der Waals surface area contributed by atoms with Crippen molar-refractivity contribution in [2.75, 3.05) is 0 Å². The lowest BCUT2D eigenvalue weighted by Crippen LogP contribution is -2.29.